The number of rotatable bonds is 1. The second kappa shape index (κ2) is 3.91. The molecule has 0 radical (unpaired) electrons. The van der Waals surface area contributed by atoms with Crippen molar-refractivity contribution in [2.45, 2.75) is 57.9 Å². The van der Waals surface area contributed by atoms with Crippen molar-refractivity contribution in [3.05, 3.63) is 0 Å². The van der Waals surface area contributed by atoms with E-state index in [-0.39, 0.29) is 5.54 Å². The molecular formula is C10H19NOS. The second-order valence-electron chi connectivity index (χ2n) is 4.49. The first-order chi connectivity index (χ1) is 5.89. The zero-order chi connectivity index (χ0) is 10.1. The Hall–Kier alpha value is -0.180. The van der Waals surface area contributed by atoms with E-state index in [1.165, 1.54) is 0 Å². The molecule has 0 saturated carbocycles. The van der Waals surface area contributed by atoms with Crippen LogP contribution in [0, 0.1) is 0 Å². The van der Waals surface area contributed by atoms with Gasteiger partial charge in [0.15, 0.2) is 0 Å². The van der Waals surface area contributed by atoms with Crippen LogP contribution in [0.1, 0.15) is 41.0 Å². The Morgan fingerprint density at radius 3 is 2.62 bits per heavy atom. The molecule has 76 valence electrons. The molecular weight excluding hydrogens is 182 g/mol. The van der Waals surface area contributed by atoms with Gasteiger partial charge in [0.25, 0.3) is 0 Å². The lowest BCUT2D eigenvalue weighted by molar-refractivity contribution is 0.152. The highest BCUT2D eigenvalue weighted by Crippen LogP contribution is 2.28. The maximum atomic E-state index is 5.65. The lowest BCUT2D eigenvalue weighted by Gasteiger charge is -2.31. The Kier molecular flexibility index (Phi) is 3.28. The van der Waals surface area contributed by atoms with E-state index in [9.17, 15) is 0 Å². The van der Waals surface area contributed by atoms with Gasteiger partial charge in [0.2, 0.25) is 5.23 Å². The van der Waals surface area contributed by atoms with Crippen LogP contribution in [0.15, 0.2) is 4.99 Å². The van der Waals surface area contributed by atoms with E-state index in [4.69, 9.17) is 4.74 Å². The quantitative estimate of drug-likeness (QED) is 0.650. The smallest absolute Gasteiger partial charge is 0.246 e. The average molecular weight is 201 g/mol. The highest BCUT2D eigenvalue weighted by molar-refractivity contribution is 8.14. The fraction of sp³-hybridized carbons (Fsp3) is 0.900. The largest absolute Gasteiger partial charge is 0.470 e. The molecule has 0 N–H and O–H groups in total. The molecule has 1 aliphatic rings. The lowest BCUT2D eigenvalue weighted by atomic mass is 9.98. The van der Waals surface area contributed by atoms with Crippen LogP contribution in [0.5, 0.6) is 0 Å². The van der Waals surface area contributed by atoms with Crippen molar-refractivity contribution in [3.8, 4) is 0 Å². The summed E-state index contributed by atoms with van der Waals surface area (Å²) in [7, 11) is 0. The number of nitrogens with zero attached hydrogens (tertiary/aromatic N) is 1. The van der Waals surface area contributed by atoms with E-state index in [0.29, 0.717) is 11.4 Å². The van der Waals surface area contributed by atoms with Crippen LogP contribution >= 0.6 is 11.8 Å². The molecule has 1 heterocycles. The number of hydrogen-bond acceptors (Lipinski definition) is 3. The summed E-state index contributed by atoms with van der Waals surface area (Å²) >= 11 is 1.71. The molecule has 1 unspecified atom stereocenters. The topological polar surface area (TPSA) is 21.6 Å². The van der Waals surface area contributed by atoms with Crippen LogP contribution < -0.4 is 0 Å². The van der Waals surface area contributed by atoms with Gasteiger partial charge in [0.05, 0.1) is 5.54 Å². The lowest BCUT2D eigenvalue weighted by Crippen LogP contribution is -2.33. The van der Waals surface area contributed by atoms with E-state index in [0.717, 1.165) is 11.7 Å². The molecule has 0 saturated heterocycles. The Bertz CT molecular complexity index is 211. The van der Waals surface area contributed by atoms with Crippen molar-refractivity contribution in [2.75, 3.05) is 0 Å². The first-order valence-electron chi connectivity index (χ1n) is 4.82. The van der Waals surface area contributed by atoms with Crippen LogP contribution in [0.4, 0.5) is 0 Å². The van der Waals surface area contributed by atoms with E-state index in [2.05, 4.69) is 39.6 Å². The van der Waals surface area contributed by atoms with E-state index < -0.39 is 0 Å². The fourth-order valence-electron chi connectivity index (χ4n) is 1.49. The zero-order valence-electron chi connectivity index (χ0n) is 9.13. The Balaban J connectivity index is 2.67. The van der Waals surface area contributed by atoms with Gasteiger partial charge >= 0.3 is 0 Å². The summed E-state index contributed by atoms with van der Waals surface area (Å²) in [5, 5.41) is 1.40. The highest BCUT2D eigenvalue weighted by atomic mass is 32.2. The Morgan fingerprint density at radius 2 is 2.15 bits per heavy atom. The van der Waals surface area contributed by atoms with Gasteiger partial charge in [-0.1, -0.05) is 25.6 Å². The zero-order valence-corrected chi connectivity index (χ0v) is 9.94. The second-order valence-corrected chi connectivity index (χ2v) is 6.02. The standard InChI is InChI=1S/C10H19NOS/c1-7(2)13-9-11-10(4,5)6-8(3)12-9/h7-8H,6H2,1-5H3. The summed E-state index contributed by atoms with van der Waals surface area (Å²) in [5.41, 5.74) is 0.0505. The van der Waals surface area contributed by atoms with Gasteiger partial charge in [-0.25, -0.2) is 4.99 Å². The summed E-state index contributed by atoms with van der Waals surface area (Å²) in [6, 6.07) is 0. The molecule has 0 aromatic carbocycles. The van der Waals surface area contributed by atoms with Gasteiger partial charge in [0.1, 0.15) is 6.10 Å². The third-order valence-corrected chi connectivity index (χ3v) is 2.68. The molecule has 1 aliphatic heterocycles. The van der Waals surface area contributed by atoms with Gasteiger partial charge in [-0.15, -0.1) is 0 Å². The van der Waals surface area contributed by atoms with E-state index in [1.54, 1.807) is 11.8 Å². The van der Waals surface area contributed by atoms with Gasteiger partial charge in [-0.2, -0.15) is 0 Å². The maximum absolute atomic E-state index is 5.65. The molecule has 0 amide bonds. The van der Waals surface area contributed by atoms with Crippen molar-refractivity contribution in [3.63, 3.8) is 0 Å². The Labute approximate surface area is 85.1 Å². The predicted octanol–water partition coefficient (Wildman–Crippen LogP) is 3.07. The third-order valence-electron chi connectivity index (χ3n) is 1.82. The molecule has 1 atom stereocenters. The van der Waals surface area contributed by atoms with Crippen LogP contribution in [-0.2, 0) is 4.74 Å². The number of thioether (sulfide) groups is 1. The van der Waals surface area contributed by atoms with Crippen LogP contribution in [0.3, 0.4) is 0 Å². The van der Waals surface area contributed by atoms with Crippen molar-refractivity contribution in [1.29, 1.82) is 0 Å². The third kappa shape index (κ3) is 3.59. The molecule has 2 nitrogen and oxygen atoms in total. The first-order valence-corrected chi connectivity index (χ1v) is 5.70. The van der Waals surface area contributed by atoms with Crippen LogP contribution in [-0.4, -0.2) is 22.1 Å². The minimum Gasteiger partial charge on any atom is -0.470 e. The summed E-state index contributed by atoms with van der Waals surface area (Å²) in [6.07, 6.45) is 1.31. The predicted molar refractivity (Wildman–Crippen MR) is 59.4 cm³/mol. The molecule has 3 heteroatoms. The molecule has 0 spiro atoms. The van der Waals surface area contributed by atoms with Gasteiger partial charge in [-0.3, -0.25) is 0 Å². The van der Waals surface area contributed by atoms with Crippen molar-refractivity contribution >= 4 is 17.0 Å². The van der Waals surface area contributed by atoms with Gasteiger partial charge in [0, 0.05) is 11.7 Å². The molecule has 0 aliphatic carbocycles. The normalized spacial score (nSPS) is 26.9. The van der Waals surface area contributed by atoms with Crippen LogP contribution in [0.25, 0.3) is 0 Å². The SMILES string of the molecule is CC1CC(C)(C)N=C(SC(C)C)O1. The van der Waals surface area contributed by atoms with E-state index >= 15 is 0 Å². The average Bonchev–Trinajstić information content (AvgIpc) is 1.78. The van der Waals surface area contributed by atoms with Gasteiger partial charge < -0.3 is 4.74 Å². The number of aliphatic imine (C=N–C) groups is 1. The summed E-state index contributed by atoms with van der Waals surface area (Å²) in [4.78, 5) is 4.56. The molecule has 13 heavy (non-hydrogen) atoms. The molecule has 0 aromatic heterocycles. The van der Waals surface area contributed by atoms with Crippen LogP contribution in [0.2, 0.25) is 0 Å². The number of hydrogen-bond donors (Lipinski definition) is 0. The minimum absolute atomic E-state index is 0.0505. The fourth-order valence-corrected chi connectivity index (χ4v) is 2.42. The van der Waals surface area contributed by atoms with Crippen molar-refractivity contribution in [2.24, 2.45) is 4.99 Å². The first kappa shape index (κ1) is 10.9. The van der Waals surface area contributed by atoms with Gasteiger partial charge in [-0.05, 0) is 20.8 Å². The number of ether oxygens (including phenoxy) is 1. The molecule has 0 fully saturated rings. The summed E-state index contributed by atoms with van der Waals surface area (Å²) in [6.45, 7) is 10.7. The monoisotopic (exact) mass is 201 g/mol. The Morgan fingerprint density at radius 1 is 1.54 bits per heavy atom. The summed E-state index contributed by atoms with van der Waals surface area (Å²) in [5.74, 6) is 0. The van der Waals surface area contributed by atoms with Crippen molar-refractivity contribution < 1.29 is 4.74 Å². The van der Waals surface area contributed by atoms with E-state index in [1.807, 2.05) is 0 Å². The molecule has 0 bridgehead atoms. The van der Waals surface area contributed by atoms with Crippen molar-refractivity contribution in [1.82, 2.24) is 0 Å². The minimum atomic E-state index is 0.0505. The highest BCUT2D eigenvalue weighted by Gasteiger charge is 2.28. The molecule has 0 aromatic rings. The maximum Gasteiger partial charge on any atom is 0.246 e. The molecule has 1 rings (SSSR count). The summed E-state index contributed by atoms with van der Waals surface area (Å²) < 4.78 is 5.65.